The third kappa shape index (κ3) is 3.88. The predicted octanol–water partition coefficient (Wildman–Crippen LogP) is 1.66. The van der Waals surface area contributed by atoms with Crippen LogP contribution in [0.15, 0.2) is 0 Å². The van der Waals surface area contributed by atoms with Crippen molar-refractivity contribution in [2.75, 3.05) is 32.0 Å². The molecule has 1 aliphatic rings. The maximum atomic E-state index is 5.50. The Morgan fingerprint density at radius 1 is 1.62 bits per heavy atom. The Hall–Kier alpha value is 0.270. The minimum Gasteiger partial charge on any atom is -0.376 e. The van der Waals surface area contributed by atoms with Crippen LogP contribution in [0.3, 0.4) is 0 Å². The lowest BCUT2D eigenvalue weighted by Gasteiger charge is -2.33. The molecule has 78 valence electrons. The topological polar surface area (TPSA) is 12.5 Å². The van der Waals surface area contributed by atoms with Crippen LogP contribution in [0.2, 0.25) is 0 Å². The molecule has 0 radical (unpaired) electrons. The fraction of sp³-hybridized carbons (Fsp3) is 1.00. The summed E-state index contributed by atoms with van der Waals surface area (Å²) < 4.78 is 5.50. The van der Waals surface area contributed by atoms with Gasteiger partial charge in [-0.3, -0.25) is 4.90 Å². The van der Waals surface area contributed by atoms with Crippen molar-refractivity contribution in [1.29, 1.82) is 0 Å². The molecule has 0 aromatic rings. The van der Waals surface area contributed by atoms with Crippen LogP contribution >= 0.6 is 12.6 Å². The lowest BCUT2D eigenvalue weighted by molar-refractivity contribution is -0.0222. The molecule has 1 fully saturated rings. The highest BCUT2D eigenvalue weighted by molar-refractivity contribution is 7.80. The highest BCUT2D eigenvalue weighted by atomic mass is 32.1. The van der Waals surface area contributed by atoms with Gasteiger partial charge in [-0.05, 0) is 18.6 Å². The van der Waals surface area contributed by atoms with Crippen LogP contribution in [0.25, 0.3) is 0 Å². The molecule has 0 aromatic carbocycles. The van der Waals surface area contributed by atoms with E-state index in [9.17, 15) is 0 Å². The Kier molecular flexibility index (Phi) is 5.14. The summed E-state index contributed by atoms with van der Waals surface area (Å²) >= 11 is 4.36. The molecule has 13 heavy (non-hydrogen) atoms. The van der Waals surface area contributed by atoms with Crippen LogP contribution in [-0.2, 0) is 4.74 Å². The van der Waals surface area contributed by atoms with Crippen LogP contribution in [0.5, 0.6) is 0 Å². The summed E-state index contributed by atoms with van der Waals surface area (Å²) in [6.07, 6.45) is 1.64. The molecule has 2 nitrogen and oxygen atoms in total. The molecule has 1 saturated heterocycles. The second-order valence-corrected chi connectivity index (χ2v) is 4.26. The van der Waals surface area contributed by atoms with Gasteiger partial charge in [-0.15, -0.1) is 0 Å². The van der Waals surface area contributed by atoms with Crippen molar-refractivity contribution in [3.8, 4) is 0 Å². The molecular formula is C10H21NOS. The van der Waals surface area contributed by atoms with Crippen molar-refractivity contribution in [1.82, 2.24) is 4.90 Å². The first-order chi connectivity index (χ1) is 6.26. The second-order valence-electron chi connectivity index (χ2n) is 3.90. The zero-order valence-corrected chi connectivity index (χ0v) is 9.59. The molecule has 0 aliphatic carbocycles. The number of ether oxygens (including phenoxy) is 1. The van der Waals surface area contributed by atoms with Crippen LogP contribution in [0.1, 0.15) is 20.3 Å². The van der Waals surface area contributed by atoms with Crippen LogP contribution in [0, 0.1) is 5.92 Å². The second kappa shape index (κ2) is 5.89. The highest BCUT2D eigenvalue weighted by Gasteiger charge is 2.18. The zero-order valence-electron chi connectivity index (χ0n) is 8.70. The number of hydrogen-bond donors (Lipinski definition) is 1. The Morgan fingerprint density at radius 3 is 2.92 bits per heavy atom. The van der Waals surface area contributed by atoms with Gasteiger partial charge >= 0.3 is 0 Å². The first-order valence-electron chi connectivity index (χ1n) is 5.21. The fourth-order valence-corrected chi connectivity index (χ4v) is 2.11. The maximum absolute atomic E-state index is 5.50. The number of thiol groups is 1. The van der Waals surface area contributed by atoms with Crippen molar-refractivity contribution in [2.45, 2.75) is 26.4 Å². The first-order valence-corrected chi connectivity index (χ1v) is 5.84. The van der Waals surface area contributed by atoms with Crippen molar-refractivity contribution in [3.63, 3.8) is 0 Å². The number of nitrogens with zero attached hydrogens (tertiary/aromatic N) is 1. The van der Waals surface area contributed by atoms with E-state index in [1.165, 1.54) is 13.0 Å². The van der Waals surface area contributed by atoms with E-state index in [1.54, 1.807) is 0 Å². The summed E-state index contributed by atoms with van der Waals surface area (Å²) in [6.45, 7) is 8.65. The van der Waals surface area contributed by atoms with E-state index in [0.29, 0.717) is 6.10 Å². The van der Waals surface area contributed by atoms with Gasteiger partial charge in [0.2, 0.25) is 0 Å². The van der Waals surface area contributed by atoms with Crippen LogP contribution < -0.4 is 0 Å². The van der Waals surface area contributed by atoms with E-state index in [1.807, 2.05) is 0 Å². The van der Waals surface area contributed by atoms with Gasteiger partial charge in [0.1, 0.15) is 0 Å². The molecule has 0 N–H and O–H groups in total. The first kappa shape index (κ1) is 11.3. The summed E-state index contributed by atoms with van der Waals surface area (Å²) in [7, 11) is 0. The number of morpholine rings is 1. The molecule has 0 amide bonds. The molecule has 1 aliphatic heterocycles. The zero-order chi connectivity index (χ0) is 9.68. The summed E-state index contributed by atoms with van der Waals surface area (Å²) in [6, 6.07) is 0. The number of hydrogen-bond acceptors (Lipinski definition) is 3. The van der Waals surface area contributed by atoms with Gasteiger partial charge in [0, 0.05) is 19.6 Å². The van der Waals surface area contributed by atoms with Crippen molar-refractivity contribution in [3.05, 3.63) is 0 Å². The predicted molar refractivity (Wildman–Crippen MR) is 59.5 cm³/mol. The quantitative estimate of drug-likeness (QED) is 0.698. The van der Waals surface area contributed by atoms with Crippen LogP contribution in [0.4, 0.5) is 0 Å². The molecule has 0 spiro atoms. The smallest absolute Gasteiger partial charge is 0.0674 e. The van der Waals surface area contributed by atoms with Crippen molar-refractivity contribution >= 4 is 12.6 Å². The van der Waals surface area contributed by atoms with Gasteiger partial charge in [0.25, 0.3) is 0 Å². The molecule has 2 atom stereocenters. The largest absolute Gasteiger partial charge is 0.376 e. The van der Waals surface area contributed by atoms with E-state index < -0.39 is 0 Å². The number of rotatable bonds is 4. The lowest BCUT2D eigenvalue weighted by atomic mass is 10.1. The van der Waals surface area contributed by atoms with Gasteiger partial charge in [-0.2, -0.15) is 12.6 Å². The van der Waals surface area contributed by atoms with E-state index in [2.05, 4.69) is 31.4 Å². The Bertz CT molecular complexity index is 139. The minimum atomic E-state index is 0.408. The third-order valence-electron chi connectivity index (χ3n) is 2.68. The summed E-state index contributed by atoms with van der Waals surface area (Å²) in [5, 5.41) is 0. The monoisotopic (exact) mass is 203 g/mol. The average Bonchev–Trinajstić information content (AvgIpc) is 2.14. The molecule has 1 heterocycles. The van der Waals surface area contributed by atoms with E-state index in [0.717, 1.165) is 31.4 Å². The Balaban J connectivity index is 2.26. The van der Waals surface area contributed by atoms with E-state index in [-0.39, 0.29) is 0 Å². The fourth-order valence-electron chi connectivity index (χ4n) is 1.74. The summed E-state index contributed by atoms with van der Waals surface area (Å²) in [5.41, 5.74) is 0. The SMILES string of the molecule is CCC(CS)CN1CCOC(C)C1. The van der Waals surface area contributed by atoms with Crippen molar-refractivity contribution in [2.24, 2.45) is 5.92 Å². The molecule has 0 aromatic heterocycles. The Morgan fingerprint density at radius 2 is 2.38 bits per heavy atom. The Labute approximate surface area is 87.0 Å². The third-order valence-corrected chi connectivity index (χ3v) is 3.19. The molecule has 0 bridgehead atoms. The average molecular weight is 203 g/mol. The molecule has 0 saturated carbocycles. The normalized spacial score (nSPS) is 27.5. The van der Waals surface area contributed by atoms with Gasteiger partial charge in [-0.1, -0.05) is 13.3 Å². The molecule has 3 heteroatoms. The van der Waals surface area contributed by atoms with Gasteiger partial charge in [0.05, 0.1) is 12.7 Å². The molecular weight excluding hydrogens is 182 g/mol. The maximum Gasteiger partial charge on any atom is 0.0674 e. The highest BCUT2D eigenvalue weighted by Crippen LogP contribution is 2.11. The summed E-state index contributed by atoms with van der Waals surface area (Å²) in [5.74, 6) is 1.75. The molecule has 2 unspecified atom stereocenters. The van der Waals surface area contributed by atoms with Gasteiger partial charge < -0.3 is 4.74 Å². The van der Waals surface area contributed by atoms with Crippen LogP contribution in [-0.4, -0.2) is 43.0 Å². The van der Waals surface area contributed by atoms with Gasteiger partial charge in [-0.25, -0.2) is 0 Å². The van der Waals surface area contributed by atoms with E-state index in [4.69, 9.17) is 4.74 Å². The minimum absolute atomic E-state index is 0.408. The van der Waals surface area contributed by atoms with E-state index >= 15 is 0 Å². The standard InChI is InChI=1S/C10H21NOS/c1-3-10(8-13)7-11-4-5-12-9(2)6-11/h9-10,13H,3-8H2,1-2H3. The van der Waals surface area contributed by atoms with Gasteiger partial charge in [0.15, 0.2) is 0 Å². The summed E-state index contributed by atoms with van der Waals surface area (Å²) in [4.78, 5) is 2.50. The molecule has 1 rings (SSSR count). The van der Waals surface area contributed by atoms with Crippen molar-refractivity contribution < 1.29 is 4.74 Å². The lowest BCUT2D eigenvalue weighted by Crippen LogP contribution is -2.43.